The van der Waals surface area contributed by atoms with E-state index in [1.54, 1.807) is 18.2 Å². The van der Waals surface area contributed by atoms with Crippen molar-refractivity contribution in [2.45, 2.75) is 69.0 Å². The molecule has 11 heteroatoms. The summed E-state index contributed by atoms with van der Waals surface area (Å²) in [4.78, 5) is 29.8. The number of sulfonamides is 1. The smallest absolute Gasteiger partial charge is 0.264 e. The van der Waals surface area contributed by atoms with Crippen LogP contribution >= 0.6 is 0 Å². The number of halogens is 2. The molecule has 49 heavy (non-hydrogen) atoms. The summed E-state index contributed by atoms with van der Waals surface area (Å²) in [5.74, 6) is -1.79. The van der Waals surface area contributed by atoms with Crippen LogP contribution < -0.4 is 14.4 Å². The standard InChI is InChI=1S/C38H41F2N3O5S/c1-2-48-33-21-19-32(20-22-33)43(49(46,47)34-23-17-30(39)18-24-34)27-37(44)42(26-29-13-9-10-16-35(29)40)36(25-28-11-5-3-6-12-28)38(45)41-31-14-7-4-8-15-31/h3,5-6,9-13,16-24,31,36H,2,4,7-8,14-15,25-27H2,1H3,(H,41,45)/t36-/m0/s1. The van der Waals surface area contributed by atoms with Gasteiger partial charge in [0.1, 0.15) is 30.0 Å². The van der Waals surface area contributed by atoms with E-state index in [1.165, 1.54) is 35.2 Å². The highest BCUT2D eigenvalue weighted by atomic mass is 32.2. The summed E-state index contributed by atoms with van der Waals surface area (Å²) < 4.78 is 63.7. The van der Waals surface area contributed by atoms with Gasteiger partial charge in [0.15, 0.2) is 0 Å². The van der Waals surface area contributed by atoms with Gasteiger partial charge in [-0.1, -0.05) is 67.8 Å². The quantitative estimate of drug-likeness (QED) is 0.160. The maximum atomic E-state index is 15.2. The fourth-order valence-electron chi connectivity index (χ4n) is 6.05. The molecule has 1 fully saturated rings. The predicted molar refractivity (Wildman–Crippen MR) is 184 cm³/mol. The summed E-state index contributed by atoms with van der Waals surface area (Å²) in [5, 5.41) is 3.13. The van der Waals surface area contributed by atoms with E-state index >= 15 is 4.39 Å². The van der Waals surface area contributed by atoms with Crippen LogP contribution in [0.5, 0.6) is 5.75 Å². The van der Waals surface area contributed by atoms with Crippen LogP contribution in [0.4, 0.5) is 14.5 Å². The molecule has 8 nitrogen and oxygen atoms in total. The van der Waals surface area contributed by atoms with Crippen LogP contribution in [-0.4, -0.2) is 50.4 Å². The van der Waals surface area contributed by atoms with Crippen molar-refractivity contribution >= 4 is 27.5 Å². The molecule has 1 atom stereocenters. The van der Waals surface area contributed by atoms with E-state index in [9.17, 15) is 22.4 Å². The SMILES string of the molecule is CCOc1ccc(N(CC(=O)N(Cc2ccccc2F)[C@@H](Cc2ccccc2)C(=O)NC2CCCCC2)S(=O)(=O)c2ccc(F)cc2)cc1. The molecule has 1 aliphatic carbocycles. The van der Waals surface area contributed by atoms with E-state index in [4.69, 9.17) is 4.74 Å². The summed E-state index contributed by atoms with van der Waals surface area (Å²) in [6, 6.07) is 24.5. The maximum Gasteiger partial charge on any atom is 0.264 e. The first-order valence-corrected chi connectivity index (χ1v) is 18.0. The number of rotatable bonds is 14. The number of hydrogen-bond acceptors (Lipinski definition) is 5. The van der Waals surface area contributed by atoms with Crippen molar-refractivity contribution in [3.05, 3.63) is 126 Å². The Hall–Kier alpha value is -4.77. The minimum Gasteiger partial charge on any atom is -0.494 e. The molecule has 0 aliphatic heterocycles. The van der Waals surface area contributed by atoms with Crippen LogP contribution in [-0.2, 0) is 32.6 Å². The Balaban J connectivity index is 1.57. The highest BCUT2D eigenvalue weighted by Crippen LogP contribution is 2.28. The van der Waals surface area contributed by atoms with E-state index in [0.717, 1.165) is 66.2 Å². The fourth-order valence-corrected chi connectivity index (χ4v) is 7.46. The van der Waals surface area contributed by atoms with E-state index in [2.05, 4.69) is 5.32 Å². The molecule has 0 bridgehead atoms. The van der Waals surface area contributed by atoms with Gasteiger partial charge < -0.3 is 15.0 Å². The summed E-state index contributed by atoms with van der Waals surface area (Å²) in [6.07, 6.45) is 4.78. The van der Waals surface area contributed by atoms with Crippen molar-refractivity contribution in [1.82, 2.24) is 10.2 Å². The molecule has 4 aromatic rings. The number of nitrogens with zero attached hydrogens (tertiary/aromatic N) is 2. The molecule has 0 saturated heterocycles. The van der Waals surface area contributed by atoms with Crippen LogP contribution in [0.2, 0.25) is 0 Å². The Kier molecular flexibility index (Phi) is 12.0. The summed E-state index contributed by atoms with van der Waals surface area (Å²) >= 11 is 0. The molecule has 0 unspecified atom stereocenters. The monoisotopic (exact) mass is 689 g/mol. The molecule has 2 amide bonds. The number of carbonyl (C=O) groups is 2. The van der Waals surface area contributed by atoms with Gasteiger partial charge in [0, 0.05) is 24.6 Å². The van der Waals surface area contributed by atoms with Gasteiger partial charge in [0.25, 0.3) is 10.0 Å². The number of anilines is 1. The molecular formula is C38H41F2N3O5S. The molecule has 1 aliphatic rings. The lowest BCUT2D eigenvalue weighted by Crippen LogP contribution is -2.55. The minimum atomic E-state index is -4.43. The topological polar surface area (TPSA) is 96.0 Å². The van der Waals surface area contributed by atoms with Gasteiger partial charge in [0.2, 0.25) is 11.8 Å². The molecule has 0 aromatic heterocycles. The highest BCUT2D eigenvalue weighted by molar-refractivity contribution is 7.92. The predicted octanol–water partition coefficient (Wildman–Crippen LogP) is 6.65. The second-order valence-electron chi connectivity index (χ2n) is 12.1. The Labute approximate surface area is 286 Å². The van der Waals surface area contributed by atoms with Gasteiger partial charge in [0.05, 0.1) is 17.2 Å². The average Bonchev–Trinajstić information content (AvgIpc) is 3.11. The lowest BCUT2D eigenvalue weighted by Gasteiger charge is -2.35. The lowest BCUT2D eigenvalue weighted by atomic mass is 9.94. The van der Waals surface area contributed by atoms with Crippen LogP contribution in [0, 0.1) is 11.6 Å². The fraction of sp³-hybridized carbons (Fsp3) is 0.316. The zero-order valence-corrected chi connectivity index (χ0v) is 28.2. The van der Waals surface area contributed by atoms with Crippen LogP contribution in [0.15, 0.2) is 108 Å². The number of benzene rings is 4. The van der Waals surface area contributed by atoms with Crippen molar-refractivity contribution in [3.8, 4) is 5.75 Å². The first kappa shape index (κ1) is 35.5. The third kappa shape index (κ3) is 9.23. The van der Waals surface area contributed by atoms with Gasteiger partial charge in [-0.25, -0.2) is 17.2 Å². The highest BCUT2D eigenvalue weighted by Gasteiger charge is 2.36. The van der Waals surface area contributed by atoms with Gasteiger partial charge in [-0.05, 0) is 79.9 Å². The van der Waals surface area contributed by atoms with Crippen LogP contribution in [0.1, 0.15) is 50.2 Å². The molecule has 5 rings (SSSR count). The third-order valence-corrected chi connectivity index (χ3v) is 10.4. The molecule has 258 valence electrons. The Morgan fingerprint density at radius 3 is 2.16 bits per heavy atom. The third-order valence-electron chi connectivity index (χ3n) is 8.64. The Morgan fingerprint density at radius 1 is 0.857 bits per heavy atom. The normalized spacial score (nSPS) is 14.1. The van der Waals surface area contributed by atoms with E-state index in [0.29, 0.717) is 12.4 Å². The van der Waals surface area contributed by atoms with Gasteiger partial charge >= 0.3 is 0 Å². The molecule has 0 heterocycles. The van der Waals surface area contributed by atoms with Crippen molar-refractivity contribution in [1.29, 1.82) is 0 Å². The average molecular weight is 690 g/mol. The minimum absolute atomic E-state index is 0.0656. The number of amides is 2. The van der Waals surface area contributed by atoms with E-state index < -0.39 is 46.1 Å². The van der Waals surface area contributed by atoms with Crippen LogP contribution in [0.25, 0.3) is 0 Å². The first-order valence-electron chi connectivity index (χ1n) is 16.5. The van der Waals surface area contributed by atoms with E-state index in [1.807, 2.05) is 37.3 Å². The summed E-state index contributed by atoms with van der Waals surface area (Å²) in [6.45, 7) is 1.21. The second kappa shape index (κ2) is 16.6. The molecule has 1 N–H and O–H groups in total. The number of ether oxygens (including phenoxy) is 1. The second-order valence-corrected chi connectivity index (χ2v) is 13.9. The largest absolute Gasteiger partial charge is 0.494 e. The van der Waals surface area contributed by atoms with E-state index in [-0.39, 0.29) is 35.2 Å². The van der Waals surface area contributed by atoms with Gasteiger partial charge in [-0.15, -0.1) is 0 Å². The number of hydrogen-bond donors (Lipinski definition) is 1. The molecule has 4 aromatic carbocycles. The van der Waals surface area contributed by atoms with Crippen molar-refractivity contribution in [3.63, 3.8) is 0 Å². The Bertz CT molecular complexity index is 1800. The van der Waals surface area contributed by atoms with Gasteiger partial charge in [-0.2, -0.15) is 0 Å². The molecule has 1 saturated carbocycles. The zero-order chi connectivity index (χ0) is 34.8. The number of nitrogens with one attached hydrogen (secondary N) is 1. The first-order chi connectivity index (χ1) is 23.7. The maximum absolute atomic E-state index is 15.2. The van der Waals surface area contributed by atoms with Crippen molar-refractivity contribution in [2.24, 2.45) is 0 Å². The van der Waals surface area contributed by atoms with Crippen LogP contribution in [0.3, 0.4) is 0 Å². The Morgan fingerprint density at radius 2 is 1.51 bits per heavy atom. The zero-order valence-electron chi connectivity index (χ0n) is 27.4. The summed E-state index contributed by atoms with van der Waals surface area (Å²) in [5.41, 5.74) is 1.10. The van der Waals surface area contributed by atoms with Crippen molar-refractivity contribution in [2.75, 3.05) is 17.5 Å². The summed E-state index contributed by atoms with van der Waals surface area (Å²) in [7, 11) is -4.43. The molecular weight excluding hydrogens is 648 g/mol. The molecule has 0 spiro atoms. The van der Waals surface area contributed by atoms with Crippen molar-refractivity contribution < 1.29 is 31.5 Å². The lowest BCUT2D eigenvalue weighted by molar-refractivity contribution is -0.140. The molecule has 0 radical (unpaired) electrons. The van der Waals surface area contributed by atoms with Gasteiger partial charge in [-0.3, -0.25) is 13.9 Å². The number of carbonyl (C=O) groups excluding carboxylic acids is 2.